The number of nitrogens with zero attached hydrogens (tertiary/aromatic N) is 1. The van der Waals surface area contributed by atoms with E-state index in [9.17, 15) is 24.1 Å². The minimum absolute atomic E-state index is 0.0671. The van der Waals surface area contributed by atoms with E-state index in [-0.39, 0.29) is 22.4 Å². The summed E-state index contributed by atoms with van der Waals surface area (Å²) < 4.78 is 13.5. The fourth-order valence-electron chi connectivity index (χ4n) is 2.60. The molecule has 0 aliphatic carbocycles. The molecule has 1 aliphatic rings. The molecule has 0 saturated heterocycles. The molecule has 22 heavy (non-hydrogen) atoms. The van der Waals surface area contributed by atoms with Gasteiger partial charge in [-0.05, 0) is 36.2 Å². The summed E-state index contributed by atoms with van der Waals surface area (Å²) in [4.78, 5) is 33.9. The topological polar surface area (TPSA) is 89.3 Å². The van der Waals surface area contributed by atoms with Gasteiger partial charge >= 0.3 is 0 Å². The summed E-state index contributed by atoms with van der Waals surface area (Å²) in [6.07, 6.45) is 0. The number of nitro groups is 1. The number of carbonyl (C=O) groups excluding carboxylic acids is 2. The van der Waals surface area contributed by atoms with Crippen molar-refractivity contribution in [3.63, 3.8) is 0 Å². The van der Waals surface area contributed by atoms with Crippen molar-refractivity contribution in [3.8, 4) is 11.1 Å². The molecule has 0 fully saturated rings. The Morgan fingerprint density at radius 2 is 1.73 bits per heavy atom. The monoisotopic (exact) mass is 300 g/mol. The minimum atomic E-state index is -0.624. The third-order valence-corrected chi connectivity index (χ3v) is 3.61. The van der Waals surface area contributed by atoms with Gasteiger partial charge in [0.1, 0.15) is 5.82 Å². The molecule has 2 amide bonds. The highest BCUT2D eigenvalue weighted by atomic mass is 19.1. The van der Waals surface area contributed by atoms with E-state index < -0.39 is 22.6 Å². The maximum Gasteiger partial charge on any atom is 0.277 e. The van der Waals surface area contributed by atoms with Crippen LogP contribution in [-0.4, -0.2) is 16.7 Å². The molecule has 3 rings (SSSR count). The number of carbonyl (C=O) groups is 2. The quantitative estimate of drug-likeness (QED) is 0.524. The van der Waals surface area contributed by atoms with E-state index in [1.54, 1.807) is 6.92 Å². The lowest BCUT2D eigenvalue weighted by Gasteiger charge is -2.09. The second-order valence-electron chi connectivity index (χ2n) is 4.86. The van der Waals surface area contributed by atoms with Gasteiger partial charge in [-0.15, -0.1) is 0 Å². The highest BCUT2D eigenvalue weighted by Crippen LogP contribution is 2.35. The molecule has 1 N–H and O–H groups in total. The van der Waals surface area contributed by atoms with Crippen LogP contribution < -0.4 is 5.32 Å². The molecule has 7 heteroatoms. The molecule has 0 radical (unpaired) electrons. The van der Waals surface area contributed by atoms with E-state index in [2.05, 4.69) is 5.32 Å². The fourth-order valence-corrected chi connectivity index (χ4v) is 2.60. The standard InChI is InChI=1S/C15H9FN2O4/c1-7-9(3-4-10-13(7)15(20)17-14(10)19)11-6-8(16)2-5-12(11)18(21)22/h2-6H,1H3,(H,17,19,20). The summed E-state index contributed by atoms with van der Waals surface area (Å²) in [5.41, 5.74) is 0.919. The average Bonchev–Trinajstić information content (AvgIpc) is 2.74. The predicted octanol–water partition coefficient (Wildman–Crippen LogP) is 2.59. The predicted molar refractivity (Wildman–Crippen MR) is 75.0 cm³/mol. The third-order valence-electron chi connectivity index (χ3n) is 3.61. The maximum atomic E-state index is 13.5. The number of fused-ring (bicyclic) bond motifs is 1. The van der Waals surface area contributed by atoms with Crippen LogP contribution in [0.5, 0.6) is 0 Å². The zero-order valence-corrected chi connectivity index (χ0v) is 11.3. The van der Waals surface area contributed by atoms with Gasteiger partial charge in [0.05, 0.1) is 21.6 Å². The van der Waals surface area contributed by atoms with Crippen molar-refractivity contribution in [1.82, 2.24) is 5.32 Å². The number of amides is 2. The van der Waals surface area contributed by atoms with Gasteiger partial charge in [-0.1, -0.05) is 6.07 Å². The van der Waals surface area contributed by atoms with E-state index in [4.69, 9.17) is 0 Å². The largest absolute Gasteiger partial charge is 0.288 e. The highest BCUT2D eigenvalue weighted by molar-refractivity contribution is 6.22. The van der Waals surface area contributed by atoms with Crippen molar-refractivity contribution in [3.05, 3.63) is 63.0 Å². The molecule has 2 aromatic rings. The van der Waals surface area contributed by atoms with Crippen LogP contribution in [0.2, 0.25) is 0 Å². The van der Waals surface area contributed by atoms with E-state index in [1.807, 2.05) is 0 Å². The Labute approximate surface area is 123 Å². The van der Waals surface area contributed by atoms with Gasteiger partial charge in [0.2, 0.25) is 0 Å². The van der Waals surface area contributed by atoms with Crippen molar-refractivity contribution in [2.24, 2.45) is 0 Å². The summed E-state index contributed by atoms with van der Waals surface area (Å²) in [7, 11) is 0. The summed E-state index contributed by atoms with van der Waals surface area (Å²) >= 11 is 0. The van der Waals surface area contributed by atoms with E-state index >= 15 is 0 Å². The Morgan fingerprint density at radius 1 is 1.05 bits per heavy atom. The molecule has 0 unspecified atom stereocenters. The molecule has 0 spiro atoms. The van der Waals surface area contributed by atoms with E-state index in [0.29, 0.717) is 11.1 Å². The second-order valence-corrected chi connectivity index (χ2v) is 4.86. The van der Waals surface area contributed by atoms with Gasteiger partial charge in [-0.2, -0.15) is 0 Å². The van der Waals surface area contributed by atoms with Crippen LogP contribution in [0.1, 0.15) is 26.3 Å². The second kappa shape index (κ2) is 4.73. The summed E-state index contributed by atoms with van der Waals surface area (Å²) in [5, 5.41) is 13.3. The van der Waals surface area contributed by atoms with Crippen LogP contribution in [0.3, 0.4) is 0 Å². The van der Waals surface area contributed by atoms with Crippen molar-refractivity contribution in [2.75, 3.05) is 0 Å². The Kier molecular flexibility index (Phi) is 2.98. The molecule has 0 bridgehead atoms. The van der Waals surface area contributed by atoms with Gasteiger partial charge in [-0.25, -0.2) is 4.39 Å². The number of halogens is 1. The first kappa shape index (κ1) is 13.9. The Balaban J connectivity index is 2.30. The fraction of sp³-hybridized carbons (Fsp3) is 0.0667. The smallest absolute Gasteiger partial charge is 0.277 e. The number of imide groups is 1. The van der Waals surface area contributed by atoms with Gasteiger partial charge < -0.3 is 0 Å². The zero-order chi connectivity index (χ0) is 16.0. The number of nitrogens with one attached hydrogen (secondary N) is 1. The van der Waals surface area contributed by atoms with Crippen molar-refractivity contribution >= 4 is 17.5 Å². The molecule has 0 aromatic heterocycles. The first-order valence-electron chi connectivity index (χ1n) is 6.33. The number of hydrogen-bond donors (Lipinski definition) is 1. The maximum absolute atomic E-state index is 13.5. The Bertz CT molecular complexity index is 861. The highest BCUT2D eigenvalue weighted by Gasteiger charge is 2.30. The summed E-state index contributed by atoms with van der Waals surface area (Å²) in [5.74, 6) is -1.69. The molecule has 110 valence electrons. The SMILES string of the molecule is Cc1c(-c2cc(F)ccc2[N+](=O)[O-])ccc2c1C(=O)NC2=O. The third kappa shape index (κ3) is 1.95. The lowest BCUT2D eigenvalue weighted by atomic mass is 9.93. The molecular formula is C15H9FN2O4. The Hall–Kier alpha value is -3.09. The molecule has 6 nitrogen and oxygen atoms in total. The normalized spacial score (nSPS) is 13.0. The number of benzene rings is 2. The number of hydrogen-bond acceptors (Lipinski definition) is 4. The van der Waals surface area contributed by atoms with Crippen LogP contribution in [-0.2, 0) is 0 Å². The summed E-state index contributed by atoms with van der Waals surface area (Å²) in [6.45, 7) is 1.57. The molecule has 0 saturated carbocycles. The number of nitro benzene ring substituents is 1. The van der Waals surface area contributed by atoms with Crippen molar-refractivity contribution in [2.45, 2.75) is 6.92 Å². The summed E-state index contributed by atoms with van der Waals surface area (Å²) in [6, 6.07) is 6.01. The van der Waals surface area contributed by atoms with Crippen LogP contribution >= 0.6 is 0 Å². The zero-order valence-electron chi connectivity index (χ0n) is 11.3. The average molecular weight is 300 g/mol. The van der Waals surface area contributed by atoms with Crippen LogP contribution in [0.15, 0.2) is 30.3 Å². The lowest BCUT2D eigenvalue weighted by molar-refractivity contribution is -0.384. The molecular weight excluding hydrogens is 291 g/mol. The van der Waals surface area contributed by atoms with Gasteiger partial charge in [0, 0.05) is 6.07 Å². The Morgan fingerprint density at radius 3 is 2.41 bits per heavy atom. The molecule has 1 heterocycles. The van der Waals surface area contributed by atoms with E-state index in [0.717, 1.165) is 18.2 Å². The molecule has 0 atom stereocenters. The van der Waals surface area contributed by atoms with Gasteiger partial charge in [0.15, 0.2) is 0 Å². The number of rotatable bonds is 2. The van der Waals surface area contributed by atoms with Crippen molar-refractivity contribution < 1.29 is 18.9 Å². The molecule has 1 aliphatic heterocycles. The van der Waals surface area contributed by atoms with Gasteiger partial charge in [0.25, 0.3) is 17.5 Å². The van der Waals surface area contributed by atoms with Gasteiger partial charge in [-0.3, -0.25) is 25.0 Å². The first-order chi connectivity index (χ1) is 10.4. The van der Waals surface area contributed by atoms with Crippen molar-refractivity contribution in [1.29, 1.82) is 0 Å². The van der Waals surface area contributed by atoms with Crippen LogP contribution in [0.4, 0.5) is 10.1 Å². The van der Waals surface area contributed by atoms with Crippen LogP contribution in [0.25, 0.3) is 11.1 Å². The molecule has 2 aromatic carbocycles. The first-order valence-corrected chi connectivity index (χ1v) is 6.33. The minimum Gasteiger partial charge on any atom is -0.288 e. The van der Waals surface area contributed by atoms with Crippen LogP contribution in [0, 0.1) is 22.9 Å². The lowest BCUT2D eigenvalue weighted by Crippen LogP contribution is -2.20. The van der Waals surface area contributed by atoms with E-state index in [1.165, 1.54) is 12.1 Å².